The number of aromatic hydroxyl groups is 1. The number of esters is 1. The lowest BCUT2D eigenvalue weighted by Crippen LogP contribution is -2.46. The number of phenolic OH excluding ortho intramolecular Hbond substituents is 1. The van der Waals surface area contributed by atoms with Crippen LogP contribution in [0, 0.1) is 0 Å². The summed E-state index contributed by atoms with van der Waals surface area (Å²) in [4.78, 5) is 22.6. The molecule has 0 saturated carbocycles. The fourth-order valence-corrected chi connectivity index (χ4v) is 5.86. The van der Waals surface area contributed by atoms with Crippen molar-refractivity contribution in [1.29, 1.82) is 0 Å². The summed E-state index contributed by atoms with van der Waals surface area (Å²) >= 11 is 0. The molecular formula is C32H33N3O4. The first-order chi connectivity index (χ1) is 19.1. The third-order valence-electron chi connectivity index (χ3n) is 7.79. The summed E-state index contributed by atoms with van der Waals surface area (Å²) in [5, 5.41) is 14.1. The molecule has 4 aromatic rings. The van der Waals surface area contributed by atoms with Crippen LogP contribution >= 0.6 is 0 Å². The Morgan fingerprint density at radius 2 is 1.82 bits per heavy atom. The Morgan fingerprint density at radius 1 is 1.08 bits per heavy atom. The molecule has 0 amide bonds. The van der Waals surface area contributed by atoms with Crippen LogP contribution in [-0.2, 0) is 4.74 Å². The average molecular weight is 524 g/mol. The first-order valence-electron chi connectivity index (χ1n) is 13.6. The number of fused-ring (bicyclic) bond motifs is 3. The molecule has 2 aliphatic rings. The van der Waals surface area contributed by atoms with Crippen LogP contribution in [0.15, 0.2) is 71.4 Å². The maximum Gasteiger partial charge on any atom is 0.342 e. The molecule has 2 aromatic carbocycles. The number of pyridine rings is 1. The van der Waals surface area contributed by atoms with Crippen molar-refractivity contribution in [2.45, 2.75) is 25.8 Å². The molecule has 0 spiro atoms. The minimum absolute atomic E-state index is 0.157. The van der Waals surface area contributed by atoms with Gasteiger partial charge < -0.3 is 19.2 Å². The molecule has 6 rings (SSSR count). The van der Waals surface area contributed by atoms with Gasteiger partial charge >= 0.3 is 5.97 Å². The highest BCUT2D eigenvalue weighted by atomic mass is 16.5. The van der Waals surface area contributed by atoms with E-state index < -0.39 is 5.97 Å². The number of carbonyl (C=O) groups excluding carboxylic acids is 1. The van der Waals surface area contributed by atoms with Crippen LogP contribution in [0.3, 0.4) is 0 Å². The summed E-state index contributed by atoms with van der Waals surface area (Å²) in [7, 11) is 2.12. The van der Waals surface area contributed by atoms with Gasteiger partial charge in [0.05, 0.1) is 12.6 Å². The van der Waals surface area contributed by atoms with Crippen molar-refractivity contribution in [1.82, 2.24) is 14.8 Å². The van der Waals surface area contributed by atoms with Crippen molar-refractivity contribution in [3.8, 4) is 5.75 Å². The number of likely N-dealkylation sites (N-methyl/N-ethyl adjacent to an activating group) is 1. The van der Waals surface area contributed by atoms with E-state index in [0.717, 1.165) is 55.5 Å². The Hall–Kier alpha value is -3.94. The van der Waals surface area contributed by atoms with Crippen molar-refractivity contribution < 1.29 is 19.1 Å². The number of phenols is 1. The monoisotopic (exact) mass is 523 g/mol. The Kier molecular flexibility index (Phi) is 6.94. The second-order valence-electron chi connectivity index (χ2n) is 10.2. The van der Waals surface area contributed by atoms with E-state index in [1.54, 1.807) is 19.3 Å². The number of ether oxygens (including phenoxy) is 1. The topological polar surface area (TPSA) is 79.0 Å². The highest BCUT2D eigenvalue weighted by Gasteiger charge is 2.35. The molecule has 1 atom stereocenters. The van der Waals surface area contributed by atoms with Gasteiger partial charge in [-0.3, -0.25) is 9.88 Å². The molecule has 7 heteroatoms. The summed E-state index contributed by atoms with van der Waals surface area (Å²) in [5.41, 5.74) is 3.47. The van der Waals surface area contributed by atoms with Gasteiger partial charge in [-0.1, -0.05) is 42.5 Å². The summed E-state index contributed by atoms with van der Waals surface area (Å²) in [5.74, 6) is 0.196. The molecule has 200 valence electrons. The van der Waals surface area contributed by atoms with Crippen LogP contribution in [-0.4, -0.2) is 65.7 Å². The van der Waals surface area contributed by atoms with E-state index in [4.69, 9.17) is 9.15 Å². The molecule has 1 fully saturated rings. The maximum absolute atomic E-state index is 13.7. The van der Waals surface area contributed by atoms with Gasteiger partial charge in [-0.05, 0) is 44.5 Å². The van der Waals surface area contributed by atoms with Gasteiger partial charge in [-0.2, -0.15) is 0 Å². The second kappa shape index (κ2) is 10.7. The van der Waals surface area contributed by atoms with Crippen molar-refractivity contribution in [2.75, 3.05) is 39.8 Å². The summed E-state index contributed by atoms with van der Waals surface area (Å²) in [6.07, 6.45) is 11.6. The number of nitrogens with zero attached hydrogens (tertiary/aromatic N) is 3. The molecule has 1 unspecified atom stereocenters. The Bertz CT molecular complexity index is 1580. The molecule has 3 heterocycles. The number of rotatable bonds is 6. The lowest BCUT2D eigenvalue weighted by Gasteiger charge is -2.39. The zero-order valence-corrected chi connectivity index (χ0v) is 22.4. The lowest BCUT2D eigenvalue weighted by atomic mass is 9.88. The van der Waals surface area contributed by atoms with E-state index >= 15 is 0 Å². The largest absolute Gasteiger partial charge is 0.507 e. The fraction of sp³-hybridized carbons (Fsp3) is 0.312. The second-order valence-corrected chi connectivity index (χ2v) is 10.2. The molecule has 0 bridgehead atoms. The van der Waals surface area contributed by atoms with Gasteiger partial charge in [0, 0.05) is 65.9 Å². The maximum atomic E-state index is 13.7. The van der Waals surface area contributed by atoms with Gasteiger partial charge in [-0.25, -0.2) is 4.79 Å². The molecule has 1 N–H and O–H groups in total. The predicted octanol–water partition coefficient (Wildman–Crippen LogP) is 5.93. The van der Waals surface area contributed by atoms with E-state index in [1.165, 1.54) is 0 Å². The minimum atomic E-state index is -0.450. The molecule has 0 radical (unpaired) electrons. The molecular weight excluding hydrogens is 490 g/mol. The zero-order chi connectivity index (χ0) is 26.9. The molecule has 39 heavy (non-hydrogen) atoms. The standard InChI is InChI=1S/C32H33N3O4/c1-3-38-32(37)27-25-26(28(21-13-15-33-16-14-21)35-19-17-34(2)18-20-35)29(36)23-11-7-8-12-24(23)31(25)39-30(27)22-9-5-4-6-10-22/h5,7-16,28,36H,3-4,6,17-20H2,1-2H3. The number of allylic oxidation sites excluding steroid dienone is 4. The van der Waals surface area contributed by atoms with Crippen molar-refractivity contribution >= 4 is 33.3 Å². The van der Waals surface area contributed by atoms with E-state index in [-0.39, 0.29) is 18.4 Å². The number of carbonyl (C=O) groups is 1. The third-order valence-corrected chi connectivity index (χ3v) is 7.79. The van der Waals surface area contributed by atoms with Crippen LogP contribution < -0.4 is 0 Å². The third kappa shape index (κ3) is 4.51. The van der Waals surface area contributed by atoms with Gasteiger partial charge in [0.2, 0.25) is 0 Å². The molecule has 2 aromatic heterocycles. The van der Waals surface area contributed by atoms with Crippen molar-refractivity contribution in [2.24, 2.45) is 0 Å². The van der Waals surface area contributed by atoms with Gasteiger partial charge in [0.25, 0.3) is 0 Å². The summed E-state index contributed by atoms with van der Waals surface area (Å²) in [6.45, 7) is 5.46. The normalized spacial score (nSPS) is 17.4. The quantitative estimate of drug-likeness (QED) is 0.314. The van der Waals surface area contributed by atoms with E-state index in [0.29, 0.717) is 33.2 Å². The molecule has 1 aliphatic heterocycles. The van der Waals surface area contributed by atoms with Gasteiger partial charge in [0.15, 0.2) is 0 Å². The molecule has 7 nitrogen and oxygen atoms in total. The predicted molar refractivity (Wildman–Crippen MR) is 153 cm³/mol. The smallest absolute Gasteiger partial charge is 0.342 e. The number of hydrogen-bond acceptors (Lipinski definition) is 7. The van der Waals surface area contributed by atoms with Crippen LogP contribution in [0.5, 0.6) is 5.75 Å². The van der Waals surface area contributed by atoms with E-state index in [2.05, 4.69) is 34.0 Å². The van der Waals surface area contributed by atoms with E-state index in [1.807, 2.05) is 42.5 Å². The average Bonchev–Trinajstić information content (AvgIpc) is 3.38. The SMILES string of the molecule is CCOC(=O)c1c(C2=CCCC=C2)oc2c1c(C(c1ccncc1)N1CCN(C)CC1)c(O)c1ccccc12. The number of piperazine rings is 1. The molecule has 1 saturated heterocycles. The van der Waals surface area contributed by atoms with Crippen LogP contribution in [0.1, 0.15) is 53.1 Å². The minimum Gasteiger partial charge on any atom is -0.507 e. The van der Waals surface area contributed by atoms with Gasteiger partial charge in [-0.15, -0.1) is 0 Å². The highest BCUT2D eigenvalue weighted by Crippen LogP contribution is 2.48. The number of furan rings is 1. The number of aromatic nitrogens is 1. The Morgan fingerprint density at radius 3 is 2.51 bits per heavy atom. The number of hydrogen-bond donors (Lipinski definition) is 1. The lowest BCUT2D eigenvalue weighted by molar-refractivity contribution is 0.0527. The van der Waals surface area contributed by atoms with Crippen molar-refractivity contribution in [3.63, 3.8) is 0 Å². The number of benzene rings is 2. The first kappa shape index (κ1) is 25.3. The van der Waals surface area contributed by atoms with Crippen LogP contribution in [0.25, 0.3) is 27.3 Å². The van der Waals surface area contributed by atoms with Gasteiger partial charge in [0.1, 0.15) is 22.7 Å². The van der Waals surface area contributed by atoms with E-state index in [9.17, 15) is 9.90 Å². The fourth-order valence-electron chi connectivity index (χ4n) is 5.86. The summed E-state index contributed by atoms with van der Waals surface area (Å²) in [6, 6.07) is 11.3. The Labute approximate surface area is 228 Å². The van der Waals surface area contributed by atoms with Crippen LogP contribution in [0.2, 0.25) is 0 Å². The molecule has 1 aliphatic carbocycles. The zero-order valence-electron chi connectivity index (χ0n) is 22.4. The van der Waals surface area contributed by atoms with Crippen LogP contribution in [0.4, 0.5) is 0 Å². The van der Waals surface area contributed by atoms with Crippen molar-refractivity contribution in [3.05, 3.63) is 89.5 Å². The summed E-state index contributed by atoms with van der Waals surface area (Å²) < 4.78 is 12.3. The highest BCUT2D eigenvalue weighted by molar-refractivity contribution is 6.18. The Balaban J connectivity index is 1.73. The first-order valence-corrected chi connectivity index (χ1v) is 13.6.